The van der Waals surface area contributed by atoms with Crippen LogP contribution in [-0.2, 0) is 14.4 Å². The Labute approximate surface area is 218 Å². The molecule has 0 amide bonds. The molecule has 1 aliphatic carbocycles. The van der Waals surface area contributed by atoms with Gasteiger partial charge in [0.1, 0.15) is 17.8 Å². The average molecular weight is 531 g/mol. The largest absolute Gasteiger partial charge is 0.481 e. The molecule has 0 radical (unpaired) electrons. The van der Waals surface area contributed by atoms with E-state index in [1.807, 2.05) is 20.8 Å². The Morgan fingerprint density at radius 1 is 1.11 bits per heavy atom. The van der Waals surface area contributed by atoms with Crippen LogP contribution in [0.1, 0.15) is 77.4 Å². The maximum absolute atomic E-state index is 10.3. The number of rotatable bonds is 10. The van der Waals surface area contributed by atoms with Crippen LogP contribution in [0.5, 0.6) is 0 Å². The molecule has 11 N–H and O–H groups in total. The number of nitrogens with zero attached hydrogens (tertiary/aromatic N) is 1. The van der Waals surface area contributed by atoms with Crippen molar-refractivity contribution in [3.05, 3.63) is 18.4 Å². The summed E-state index contributed by atoms with van der Waals surface area (Å²) in [5.41, 5.74) is 15.4. The number of hydrogen-bond acceptors (Lipinski definition) is 8. The quantitative estimate of drug-likeness (QED) is 0.123. The molecule has 214 valence electrons. The van der Waals surface area contributed by atoms with E-state index < -0.39 is 30.0 Å². The van der Waals surface area contributed by atoms with E-state index in [2.05, 4.69) is 10.3 Å². The van der Waals surface area contributed by atoms with Crippen LogP contribution in [0.15, 0.2) is 17.0 Å². The minimum absolute atomic E-state index is 0.112. The summed E-state index contributed by atoms with van der Waals surface area (Å²) in [4.78, 5) is 34.2. The van der Waals surface area contributed by atoms with Gasteiger partial charge in [-0.3, -0.25) is 19.8 Å². The molecule has 37 heavy (non-hydrogen) atoms. The van der Waals surface area contributed by atoms with Crippen molar-refractivity contribution in [1.82, 2.24) is 10.3 Å². The molecule has 0 unspecified atom stereocenters. The zero-order valence-electron chi connectivity index (χ0n) is 22.2. The molecule has 13 heteroatoms. The summed E-state index contributed by atoms with van der Waals surface area (Å²) in [7, 11) is 0. The highest BCUT2D eigenvalue weighted by molar-refractivity contribution is 5.74. The molecule has 0 saturated heterocycles. The molecule has 0 aromatic carbocycles. The lowest BCUT2D eigenvalue weighted by molar-refractivity contribution is -0.139. The highest BCUT2D eigenvalue weighted by Crippen LogP contribution is 2.25. The molecule has 1 aromatic heterocycles. The molecule has 2 atom stereocenters. The van der Waals surface area contributed by atoms with E-state index in [0.717, 1.165) is 18.6 Å². The third-order valence-corrected chi connectivity index (χ3v) is 5.11. The van der Waals surface area contributed by atoms with Gasteiger partial charge in [-0.05, 0) is 50.9 Å². The number of aromatic nitrogens is 1. The predicted molar refractivity (Wildman–Crippen MR) is 140 cm³/mol. The number of carboxylic acids is 3. The third kappa shape index (κ3) is 25.7. The van der Waals surface area contributed by atoms with Gasteiger partial charge in [0, 0.05) is 13.0 Å². The van der Waals surface area contributed by atoms with Crippen molar-refractivity contribution < 1.29 is 34.1 Å². The van der Waals surface area contributed by atoms with Gasteiger partial charge >= 0.3 is 17.9 Å². The van der Waals surface area contributed by atoms with E-state index in [1.54, 1.807) is 6.20 Å². The monoisotopic (exact) mass is 530 g/mol. The SMILES string of the molecule is CC(C)C[C@H](N)C(=O)O.Cc1cnco1.N=C(N)NCCC[C@H](N)C(=O)O.O=C(O)CC1CCCCC1. The number of aryl methyl sites for hydroxylation is 1. The lowest BCUT2D eigenvalue weighted by Crippen LogP contribution is -2.34. The highest BCUT2D eigenvalue weighted by Gasteiger charge is 2.15. The molecule has 1 heterocycles. The molecular weight excluding hydrogens is 484 g/mol. The molecule has 1 aliphatic rings. The highest BCUT2D eigenvalue weighted by atomic mass is 16.4. The fraction of sp³-hybridized carbons (Fsp3) is 0.708. The second-order valence-corrected chi connectivity index (χ2v) is 9.22. The summed E-state index contributed by atoms with van der Waals surface area (Å²) >= 11 is 0. The van der Waals surface area contributed by atoms with Crippen LogP contribution in [0.2, 0.25) is 0 Å². The standard InChI is InChI=1S/C8H14O2.C6H14N4O2.C6H13NO2.C4H5NO/c9-8(10)6-7-4-2-1-3-5-7;7-4(5(11)12)2-1-3-10-6(8)9;1-4(2)3-5(7)6(8)9;1-4-2-5-3-6-4/h7H,1-6H2,(H,9,10);4H,1-3,7H2,(H,11,12)(H4,8,9,10);4-5H,3,7H2,1-2H3,(H,8,9);2-3H,1H3/t;4-;5-;/m.00./s1. The Morgan fingerprint density at radius 3 is 2.00 bits per heavy atom. The maximum atomic E-state index is 10.3. The van der Waals surface area contributed by atoms with E-state index in [-0.39, 0.29) is 5.96 Å². The van der Waals surface area contributed by atoms with E-state index in [0.29, 0.717) is 44.1 Å². The van der Waals surface area contributed by atoms with Crippen LogP contribution in [-0.4, -0.2) is 62.8 Å². The second-order valence-electron chi connectivity index (χ2n) is 9.22. The Bertz CT molecular complexity index is 753. The lowest BCUT2D eigenvalue weighted by Gasteiger charge is -2.18. The molecule has 13 nitrogen and oxygen atoms in total. The molecule has 1 saturated carbocycles. The number of nitrogens with one attached hydrogen (secondary N) is 2. The topological polar surface area (TPSA) is 252 Å². The Hall–Kier alpha value is -3.19. The van der Waals surface area contributed by atoms with E-state index >= 15 is 0 Å². The molecule has 0 spiro atoms. The molecule has 0 aliphatic heterocycles. The van der Waals surface area contributed by atoms with Gasteiger partial charge < -0.3 is 42.3 Å². The van der Waals surface area contributed by atoms with Crippen molar-refractivity contribution in [3.63, 3.8) is 0 Å². The molecule has 2 rings (SSSR count). The zero-order valence-corrected chi connectivity index (χ0v) is 22.2. The normalized spacial score (nSPS) is 14.3. The van der Waals surface area contributed by atoms with Gasteiger partial charge in [-0.1, -0.05) is 33.1 Å². The lowest BCUT2D eigenvalue weighted by atomic mass is 9.87. The van der Waals surface area contributed by atoms with Crippen molar-refractivity contribution in [3.8, 4) is 0 Å². The van der Waals surface area contributed by atoms with Gasteiger partial charge in [0.25, 0.3) is 0 Å². The van der Waals surface area contributed by atoms with Gasteiger partial charge in [-0.25, -0.2) is 4.98 Å². The fourth-order valence-electron chi connectivity index (χ4n) is 3.19. The summed E-state index contributed by atoms with van der Waals surface area (Å²) < 4.78 is 4.72. The summed E-state index contributed by atoms with van der Waals surface area (Å²) in [6.45, 7) is 6.23. The fourth-order valence-corrected chi connectivity index (χ4v) is 3.19. The molecule has 1 aromatic rings. The van der Waals surface area contributed by atoms with Gasteiger partial charge in [0.05, 0.1) is 6.20 Å². The summed E-state index contributed by atoms with van der Waals surface area (Å²) in [6, 6.07) is -1.51. The first-order valence-corrected chi connectivity index (χ1v) is 12.4. The van der Waals surface area contributed by atoms with Gasteiger partial charge in [-0.15, -0.1) is 0 Å². The Balaban J connectivity index is 0. The zero-order chi connectivity index (χ0) is 28.8. The number of guanidine groups is 1. The van der Waals surface area contributed by atoms with Crippen LogP contribution < -0.4 is 22.5 Å². The predicted octanol–water partition coefficient (Wildman–Crippen LogP) is 2.13. The Kier molecular flexibility index (Phi) is 21.4. The summed E-state index contributed by atoms with van der Waals surface area (Å²) in [6.07, 6.45) is 11.0. The van der Waals surface area contributed by atoms with Crippen LogP contribution in [0.3, 0.4) is 0 Å². The van der Waals surface area contributed by atoms with Gasteiger partial charge in [0.2, 0.25) is 0 Å². The molecule has 0 bridgehead atoms. The molecular formula is C24H46N6O7. The van der Waals surface area contributed by atoms with Crippen molar-refractivity contribution in [1.29, 1.82) is 5.41 Å². The smallest absolute Gasteiger partial charge is 0.320 e. The van der Waals surface area contributed by atoms with Crippen molar-refractivity contribution in [2.45, 2.75) is 90.6 Å². The number of carbonyl (C=O) groups is 3. The summed E-state index contributed by atoms with van der Waals surface area (Å²) in [5.74, 6) is -0.968. The third-order valence-electron chi connectivity index (χ3n) is 5.11. The van der Waals surface area contributed by atoms with Crippen molar-refractivity contribution in [2.75, 3.05) is 6.54 Å². The average Bonchev–Trinajstić information content (AvgIpc) is 3.28. The minimum atomic E-state index is -1.00. The van der Waals surface area contributed by atoms with Gasteiger partial charge in [-0.2, -0.15) is 0 Å². The number of nitrogens with two attached hydrogens (primary N) is 3. The minimum Gasteiger partial charge on any atom is -0.481 e. The molecule has 1 fully saturated rings. The first-order valence-electron chi connectivity index (χ1n) is 12.4. The van der Waals surface area contributed by atoms with Crippen LogP contribution in [0.25, 0.3) is 0 Å². The van der Waals surface area contributed by atoms with Crippen molar-refractivity contribution >= 4 is 23.9 Å². The number of carboxylic acid groups (broad SMARTS) is 3. The van der Waals surface area contributed by atoms with Crippen molar-refractivity contribution in [2.24, 2.45) is 29.0 Å². The van der Waals surface area contributed by atoms with E-state index in [9.17, 15) is 14.4 Å². The Morgan fingerprint density at radius 2 is 1.68 bits per heavy atom. The van der Waals surface area contributed by atoms with Gasteiger partial charge in [0.15, 0.2) is 12.4 Å². The number of oxazole rings is 1. The van der Waals surface area contributed by atoms with Crippen LogP contribution in [0.4, 0.5) is 0 Å². The number of aliphatic carboxylic acids is 3. The number of hydrogen-bond donors (Lipinski definition) is 8. The van der Waals surface area contributed by atoms with Crippen LogP contribution in [0, 0.1) is 24.2 Å². The second kappa shape index (κ2) is 22.0. The van der Waals surface area contributed by atoms with Crippen LogP contribution >= 0.6 is 0 Å². The van der Waals surface area contributed by atoms with E-state index in [4.69, 9.17) is 42.3 Å². The van der Waals surface area contributed by atoms with E-state index in [1.165, 1.54) is 25.7 Å². The first kappa shape index (κ1) is 36.0. The maximum Gasteiger partial charge on any atom is 0.320 e. The first-order chi connectivity index (χ1) is 17.3. The summed E-state index contributed by atoms with van der Waals surface area (Å²) in [5, 5.41) is 34.5.